The molecule has 2 heterocycles. The summed E-state index contributed by atoms with van der Waals surface area (Å²) in [4.78, 5) is 14.7. The zero-order chi connectivity index (χ0) is 15.2. The first kappa shape index (κ1) is 15.5. The molecule has 1 amide bonds. The fourth-order valence-electron chi connectivity index (χ4n) is 3.35. The van der Waals surface area contributed by atoms with E-state index in [1.54, 1.807) is 0 Å². The van der Waals surface area contributed by atoms with Crippen LogP contribution in [-0.2, 0) is 20.7 Å². The molecule has 0 N–H and O–H groups in total. The summed E-state index contributed by atoms with van der Waals surface area (Å²) in [6.45, 7) is 4.36. The largest absolute Gasteiger partial charge is 0.381 e. The number of ether oxygens (including phenoxy) is 2. The Morgan fingerprint density at radius 3 is 2.64 bits per heavy atom. The number of rotatable bonds is 3. The zero-order valence-electron chi connectivity index (χ0n) is 13.1. The molecule has 3 rings (SSSR count). The number of carbonyl (C=O) groups is 1. The van der Waals surface area contributed by atoms with Crippen molar-refractivity contribution in [2.24, 2.45) is 11.8 Å². The van der Waals surface area contributed by atoms with Gasteiger partial charge in [0.05, 0.1) is 13.2 Å². The van der Waals surface area contributed by atoms with Crippen molar-refractivity contribution in [1.29, 1.82) is 0 Å². The van der Waals surface area contributed by atoms with E-state index in [9.17, 15) is 4.79 Å². The molecule has 0 aliphatic carbocycles. The first-order chi connectivity index (χ1) is 10.8. The maximum Gasteiger partial charge on any atom is 0.225 e. The molecule has 1 unspecified atom stereocenters. The summed E-state index contributed by atoms with van der Waals surface area (Å²) in [5.41, 5.74) is 1.32. The van der Waals surface area contributed by atoms with Crippen molar-refractivity contribution in [1.82, 2.24) is 4.90 Å². The highest BCUT2D eigenvalue weighted by Crippen LogP contribution is 2.20. The number of benzene rings is 1. The van der Waals surface area contributed by atoms with Crippen LogP contribution in [0.3, 0.4) is 0 Å². The van der Waals surface area contributed by atoms with Gasteiger partial charge in [0.15, 0.2) is 0 Å². The molecule has 0 radical (unpaired) electrons. The van der Waals surface area contributed by atoms with Gasteiger partial charge in [-0.25, -0.2) is 0 Å². The Labute approximate surface area is 132 Å². The van der Waals surface area contributed by atoms with Gasteiger partial charge in [0.1, 0.15) is 0 Å². The van der Waals surface area contributed by atoms with Crippen LogP contribution >= 0.6 is 0 Å². The average molecular weight is 303 g/mol. The summed E-state index contributed by atoms with van der Waals surface area (Å²) in [5, 5.41) is 0. The Hall–Kier alpha value is -1.39. The van der Waals surface area contributed by atoms with Crippen molar-refractivity contribution in [2.75, 3.05) is 39.5 Å². The molecular formula is C18H25NO3. The predicted molar refractivity (Wildman–Crippen MR) is 84.6 cm³/mol. The first-order valence-electron chi connectivity index (χ1n) is 8.31. The van der Waals surface area contributed by atoms with E-state index in [2.05, 4.69) is 24.3 Å². The van der Waals surface area contributed by atoms with Gasteiger partial charge < -0.3 is 14.4 Å². The fraction of sp³-hybridized carbons (Fsp3) is 0.611. The van der Waals surface area contributed by atoms with Crippen LogP contribution in [0.4, 0.5) is 0 Å². The third kappa shape index (κ3) is 4.08. The van der Waals surface area contributed by atoms with Crippen LogP contribution in [0.1, 0.15) is 18.4 Å². The van der Waals surface area contributed by atoms with E-state index in [1.165, 1.54) is 5.56 Å². The highest BCUT2D eigenvalue weighted by molar-refractivity contribution is 5.79. The van der Waals surface area contributed by atoms with E-state index < -0.39 is 0 Å². The highest BCUT2D eigenvalue weighted by Gasteiger charge is 2.29. The van der Waals surface area contributed by atoms with Gasteiger partial charge in [-0.15, -0.1) is 0 Å². The molecule has 2 fully saturated rings. The topological polar surface area (TPSA) is 38.8 Å². The molecule has 1 aromatic rings. The van der Waals surface area contributed by atoms with Crippen LogP contribution < -0.4 is 0 Å². The van der Waals surface area contributed by atoms with Gasteiger partial charge in [0.25, 0.3) is 0 Å². The first-order valence-corrected chi connectivity index (χ1v) is 8.31. The van der Waals surface area contributed by atoms with E-state index in [-0.39, 0.29) is 5.92 Å². The van der Waals surface area contributed by atoms with Gasteiger partial charge in [-0.1, -0.05) is 30.3 Å². The molecule has 2 aliphatic heterocycles. The Morgan fingerprint density at radius 1 is 1.09 bits per heavy atom. The lowest BCUT2D eigenvalue weighted by Crippen LogP contribution is -2.41. The molecule has 1 atom stereocenters. The van der Waals surface area contributed by atoms with Crippen LogP contribution in [0.5, 0.6) is 0 Å². The number of nitrogens with zero attached hydrogens (tertiary/aromatic N) is 1. The maximum atomic E-state index is 12.7. The third-order valence-electron chi connectivity index (χ3n) is 4.59. The second-order valence-corrected chi connectivity index (χ2v) is 6.30. The minimum Gasteiger partial charge on any atom is -0.381 e. The van der Waals surface area contributed by atoms with E-state index in [4.69, 9.17) is 9.47 Å². The second-order valence-electron chi connectivity index (χ2n) is 6.30. The van der Waals surface area contributed by atoms with Crippen LogP contribution in [-0.4, -0.2) is 50.3 Å². The summed E-state index contributed by atoms with van der Waals surface area (Å²) in [5.74, 6) is 0.824. The molecule has 22 heavy (non-hydrogen) atoms. The SMILES string of the molecule is O=C(C1CCOCC1)N1CCOCC(Cc2ccccc2)C1. The quantitative estimate of drug-likeness (QED) is 0.858. The molecule has 120 valence electrons. The van der Waals surface area contributed by atoms with Crippen LogP contribution in [0.2, 0.25) is 0 Å². The monoisotopic (exact) mass is 303 g/mol. The van der Waals surface area contributed by atoms with Crippen molar-refractivity contribution >= 4 is 5.91 Å². The van der Waals surface area contributed by atoms with Crippen LogP contribution in [0.15, 0.2) is 30.3 Å². The molecule has 0 spiro atoms. The Bertz CT molecular complexity index is 470. The van der Waals surface area contributed by atoms with E-state index in [1.807, 2.05) is 11.0 Å². The minimum absolute atomic E-state index is 0.143. The third-order valence-corrected chi connectivity index (χ3v) is 4.59. The lowest BCUT2D eigenvalue weighted by atomic mass is 9.96. The molecule has 1 aromatic carbocycles. The Morgan fingerprint density at radius 2 is 1.86 bits per heavy atom. The number of carbonyl (C=O) groups excluding carboxylic acids is 1. The molecule has 0 bridgehead atoms. The molecule has 4 nitrogen and oxygen atoms in total. The molecule has 0 aromatic heterocycles. The van der Waals surface area contributed by atoms with Crippen LogP contribution in [0.25, 0.3) is 0 Å². The second kappa shape index (κ2) is 7.75. The predicted octanol–water partition coefficient (Wildman–Crippen LogP) is 2.13. The molecular weight excluding hydrogens is 278 g/mol. The van der Waals surface area contributed by atoms with Crippen molar-refractivity contribution in [3.63, 3.8) is 0 Å². The van der Waals surface area contributed by atoms with Crippen LogP contribution in [0, 0.1) is 11.8 Å². The van der Waals surface area contributed by atoms with Gasteiger partial charge in [0.2, 0.25) is 5.91 Å². The summed E-state index contributed by atoms with van der Waals surface area (Å²) < 4.78 is 11.1. The van der Waals surface area contributed by atoms with Crippen molar-refractivity contribution in [3.05, 3.63) is 35.9 Å². The molecule has 4 heteroatoms. The molecule has 2 saturated heterocycles. The van der Waals surface area contributed by atoms with Crippen molar-refractivity contribution < 1.29 is 14.3 Å². The highest BCUT2D eigenvalue weighted by atomic mass is 16.5. The van der Waals surface area contributed by atoms with E-state index in [0.29, 0.717) is 31.6 Å². The lowest BCUT2D eigenvalue weighted by Gasteiger charge is -2.29. The van der Waals surface area contributed by atoms with Gasteiger partial charge in [-0.05, 0) is 24.8 Å². The lowest BCUT2D eigenvalue weighted by molar-refractivity contribution is -0.138. The van der Waals surface area contributed by atoms with Gasteiger partial charge >= 0.3 is 0 Å². The molecule has 0 saturated carbocycles. The van der Waals surface area contributed by atoms with Gasteiger partial charge in [-0.3, -0.25) is 4.79 Å². The molecule has 2 aliphatic rings. The number of amides is 1. The standard InChI is InChI=1S/C18H25NO3/c20-18(17-6-9-21-10-7-17)19-8-11-22-14-16(13-19)12-15-4-2-1-3-5-15/h1-5,16-17H,6-14H2. The number of hydrogen-bond donors (Lipinski definition) is 0. The fourth-order valence-corrected chi connectivity index (χ4v) is 3.35. The Balaban J connectivity index is 1.60. The Kier molecular flexibility index (Phi) is 5.46. The summed E-state index contributed by atoms with van der Waals surface area (Å²) in [7, 11) is 0. The van der Waals surface area contributed by atoms with Crippen molar-refractivity contribution in [2.45, 2.75) is 19.3 Å². The maximum absolute atomic E-state index is 12.7. The van der Waals surface area contributed by atoms with Gasteiger partial charge in [0, 0.05) is 38.1 Å². The smallest absolute Gasteiger partial charge is 0.225 e. The summed E-state index contributed by atoms with van der Waals surface area (Å²) >= 11 is 0. The minimum atomic E-state index is 0.143. The average Bonchev–Trinajstić information content (AvgIpc) is 2.81. The summed E-state index contributed by atoms with van der Waals surface area (Å²) in [6.07, 6.45) is 2.69. The zero-order valence-corrected chi connectivity index (χ0v) is 13.1. The number of hydrogen-bond acceptors (Lipinski definition) is 3. The van der Waals surface area contributed by atoms with E-state index >= 15 is 0 Å². The van der Waals surface area contributed by atoms with Gasteiger partial charge in [-0.2, -0.15) is 0 Å². The normalized spacial score (nSPS) is 24.0. The van der Waals surface area contributed by atoms with Crippen molar-refractivity contribution in [3.8, 4) is 0 Å². The summed E-state index contributed by atoms with van der Waals surface area (Å²) in [6, 6.07) is 10.5. The van der Waals surface area contributed by atoms with E-state index in [0.717, 1.165) is 39.0 Å².